The lowest BCUT2D eigenvalue weighted by molar-refractivity contribution is 0.436. The Balaban J connectivity index is 0.858. The van der Waals surface area contributed by atoms with Crippen LogP contribution < -0.4 is 30.9 Å². The van der Waals surface area contributed by atoms with Crippen LogP contribution in [0.4, 0.5) is 34.1 Å². The molecule has 0 N–H and O–H groups in total. The molecule has 6 heteroatoms. The first-order chi connectivity index (χ1) is 60.4. The van der Waals surface area contributed by atoms with Crippen molar-refractivity contribution in [2.45, 2.75) is 5.41 Å². The van der Waals surface area contributed by atoms with E-state index in [1.165, 1.54) is 10.8 Å². The largest absolute Gasteiger partial charge is 0.457 e. The van der Waals surface area contributed by atoms with Crippen molar-refractivity contribution < 1.29 is 15.7 Å². The van der Waals surface area contributed by atoms with Crippen LogP contribution in [0.1, 0.15) is 33.2 Å². The van der Waals surface area contributed by atoms with Gasteiger partial charge in [0.15, 0.2) is 0 Å². The molecule has 534 valence electrons. The van der Waals surface area contributed by atoms with Crippen molar-refractivity contribution in [3.05, 3.63) is 441 Å². The lowest BCUT2D eigenvalue weighted by atomic mass is 9.33. The van der Waals surface area contributed by atoms with Crippen molar-refractivity contribution in [1.29, 1.82) is 0 Å². The van der Waals surface area contributed by atoms with Gasteiger partial charge in [0.05, 0.1) is 49.8 Å². The van der Waals surface area contributed by atoms with Gasteiger partial charge < -0.3 is 23.7 Å². The minimum atomic E-state index is -0.832. The molecule has 0 saturated carbocycles. The summed E-state index contributed by atoms with van der Waals surface area (Å²) in [5.74, 6) is 1.53. The molecule has 18 aromatic carbocycles. The minimum absolute atomic E-state index is 0.00704. The highest BCUT2D eigenvalue weighted by Crippen LogP contribution is 2.63. The number of ether oxygens (including phenoxy) is 1. The van der Waals surface area contributed by atoms with Gasteiger partial charge in [0.2, 0.25) is 0 Å². The Morgan fingerprint density at radius 2 is 0.643 bits per heavy atom. The summed E-state index contributed by atoms with van der Waals surface area (Å²) in [5, 5.41) is 2.35. The monoisotopic (exact) mass is 1470 g/mol. The average Bonchev–Trinajstić information content (AvgIpc) is 1.68. The highest BCUT2D eigenvalue weighted by atomic mass is 16.5. The molecule has 1 aliphatic carbocycles. The summed E-state index contributed by atoms with van der Waals surface area (Å²) in [7, 11) is 0. The molecule has 5 heterocycles. The fourth-order valence-corrected chi connectivity index (χ4v) is 19.6. The number of rotatable bonds is 10. The first-order valence-electron chi connectivity index (χ1n) is 43.2. The fourth-order valence-electron chi connectivity index (χ4n) is 19.6. The van der Waals surface area contributed by atoms with Crippen LogP contribution in [0.2, 0.25) is 0 Å². The van der Waals surface area contributed by atoms with Crippen LogP contribution in [0, 0.1) is 0 Å². The van der Waals surface area contributed by atoms with Crippen molar-refractivity contribution in [1.82, 2.24) is 9.13 Å². The first kappa shape index (κ1) is 57.1. The van der Waals surface area contributed by atoms with Crippen molar-refractivity contribution in [2.75, 3.05) is 9.80 Å². The highest BCUT2D eigenvalue weighted by Gasteiger charge is 2.52. The number of hydrogen-bond donors (Lipinski definition) is 0. The quantitative estimate of drug-likeness (QED) is 0.128. The van der Waals surface area contributed by atoms with E-state index in [0.717, 1.165) is 179 Å². The molecule has 24 rings (SSSR count). The molecule has 3 aliphatic heterocycles. The van der Waals surface area contributed by atoms with Gasteiger partial charge in [0, 0.05) is 89.0 Å². The van der Waals surface area contributed by atoms with E-state index in [4.69, 9.17) is 7.48 Å². The Kier molecular flexibility index (Phi) is 12.7. The Morgan fingerprint density at radius 3 is 1.18 bits per heavy atom. The zero-order chi connectivity index (χ0) is 82.4. The van der Waals surface area contributed by atoms with E-state index in [1.807, 2.05) is 18.2 Å². The SMILES string of the molecule is [2H]c1c([2H])c([2H])c2c(c1[2H])c1c([2H])c([2H])c([2H])c([2H])c1n2-c1ccc2c(c1)N(c1c(-c3ccccc3)cccc1-c1ccccc1)c1cc(-c3ccc4c(c3)C3(c5ccccc5O4)c4ccccc4-c4ccccc43)cc3c1B2c1ccc(-c2ccc(-n4c5ccccc5c5ccccc54)cc2)cc1N3c1c(-c2ccccc2)cccc1-c1ccccc1. The molecule has 1 spiro atoms. The van der Waals surface area contributed by atoms with Gasteiger partial charge in [-0.05, 0) is 168 Å². The Bertz CT molecular complexity index is 7620. The minimum Gasteiger partial charge on any atom is -0.457 e. The van der Waals surface area contributed by atoms with Crippen LogP contribution in [-0.2, 0) is 5.41 Å². The molecular formula is C109H69BN4O. The Labute approximate surface area is 678 Å². The zero-order valence-corrected chi connectivity index (χ0v) is 62.0. The maximum Gasteiger partial charge on any atom is 0.252 e. The molecule has 5 nitrogen and oxygen atoms in total. The average molecular weight is 1470 g/mol. The smallest absolute Gasteiger partial charge is 0.252 e. The predicted molar refractivity (Wildman–Crippen MR) is 479 cm³/mol. The number of anilines is 6. The molecule has 4 aliphatic rings. The molecule has 20 aromatic rings. The van der Waals surface area contributed by atoms with E-state index in [-0.39, 0.29) is 33.9 Å². The highest BCUT2D eigenvalue weighted by molar-refractivity contribution is 7.00. The third kappa shape index (κ3) is 9.64. The number of nitrogens with zero attached hydrogens (tertiary/aromatic N) is 4. The molecular weight excluding hydrogens is 1390 g/mol. The van der Waals surface area contributed by atoms with E-state index in [0.29, 0.717) is 5.69 Å². The fraction of sp³-hybridized carbons (Fsp3) is 0.00917. The molecule has 2 aromatic heterocycles. The summed E-state index contributed by atoms with van der Waals surface area (Å²) in [4.78, 5) is 5.00. The van der Waals surface area contributed by atoms with Gasteiger partial charge in [0.25, 0.3) is 6.71 Å². The van der Waals surface area contributed by atoms with E-state index in [2.05, 4.69) is 366 Å². The van der Waals surface area contributed by atoms with Crippen LogP contribution in [0.15, 0.2) is 418 Å². The molecule has 0 unspecified atom stereocenters. The Morgan fingerprint density at radius 1 is 0.252 bits per heavy atom. The molecule has 115 heavy (non-hydrogen) atoms. The lowest BCUT2D eigenvalue weighted by Gasteiger charge is -2.46. The summed E-state index contributed by atoms with van der Waals surface area (Å²) in [6, 6.07) is 129. The van der Waals surface area contributed by atoms with Gasteiger partial charge in [-0.1, -0.05) is 334 Å². The molecule has 0 radical (unpaired) electrons. The molecule has 0 atom stereocenters. The summed E-state index contributed by atoms with van der Waals surface area (Å²) >= 11 is 0. The van der Waals surface area contributed by atoms with Crippen molar-refractivity contribution in [2.24, 2.45) is 0 Å². The number of hydrogen-bond acceptors (Lipinski definition) is 3. The third-order valence-electron chi connectivity index (χ3n) is 24.4. The molecule has 0 saturated heterocycles. The third-order valence-corrected chi connectivity index (χ3v) is 24.4. The number of aromatic nitrogens is 2. The van der Waals surface area contributed by atoms with E-state index in [1.54, 1.807) is 4.57 Å². The van der Waals surface area contributed by atoms with Crippen LogP contribution in [0.25, 0.3) is 133 Å². The van der Waals surface area contributed by atoms with E-state index in [9.17, 15) is 8.22 Å². The van der Waals surface area contributed by atoms with Gasteiger partial charge in [-0.3, -0.25) is 0 Å². The van der Waals surface area contributed by atoms with Crippen LogP contribution in [0.3, 0.4) is 0 Å². The van der Waals surface area contributed by atoms with Crippen LogP contribution in [0.5, 0.6) is 11.5 Å². The number of para-hydroxylation sites is 7. The maximum atomic E-state index is 9.96. The van der Waals surface area contributed by atoms with Crippen molar-refractivity contribution in [3.63, 3.8) is 0 Å². The van der Waals surface area contributed by atoms with Gasteiger partial charge in [-0.15, -0.1) is 0 Å². The zero-order valence-electron chi connectivity index (χ0n) is 70.0. The normalized spacial score (nSPS) is 14.1. The topological polar surface area (TPSA) is 25.6 Å². The summed E-state index contributed by atoms with van der Waals surface area (Å²) < 4.78 is 87.6. The molecule has 0 bridgehead atoms. The van der Waals surface area contributed by atoms with E-state index < -0.39 is 48.4 Å². The second-order valence-corrected chi connectivity index (χ2v) is 30.3. The van der Waals surface area contributed by atoms with Gasteiger partial charge in [-0.25, -0.2) is 0 Å². The second-order valence-electron chi connectivity index (χ2n) is 30.3. The lowest BCUT2D eigenvalue weighted by Crippen LogP contribution is -2.61. The molecule has 0 amide bonds. The predicted octanol–water partition coefficient (Wildman–Crippen LogP) is 26.4. The summed E-state index contributed by atoms with van der Waals surface area (Å²) in [6.45, 7) is -0.564. The van der Waals surface area contributed by atoms with Gasteiger partial charge >= 0.3 is 0 Å². The van der Waals surface area contributed by atoms with E-state index >= 15 is 0 Å². The molecule has 0 fully saturated rings. The second kappa shape index (κ2) is 25.5. The number of benzene rings is 18. The van der Waals surface area contributed by atoms with Crippen molar-refractivity contribution >= 4 is 101 Å². The van der Waals surface area contributed by atoms with Gasteiger partial charge in [0.1, 0.15) is 11.5 Å². The van der Waals surface area contributed by atoms with Crippen LogP contribution in [-0.4, -0.2) is 15.8 Å². The van der Waals surface area contributed by atoms with Crippen molar-refractivity contribution in [3.8, 4) is 101 Å². The first-order valence-corrected chi connectivity index (χ1v) is 39.2. The summed E-state index contributed by atoms with van der Waals surface area (Å²) in [5.41, 5.74) is 29.3. The van der Waals surface area contributed by atoms with Crippen LogP contribution >= 0.6 is 0 Å². The maximum absolute atomic E-state index is 9.96. The van der Waals surface area contributed by atoms with Gasteiger partial charge in [-0.2, -0.15) is 0 Å². The standard InChI is InChI=1S/C109H69BN4O/c1-5-29-71(30-6-1)80-43-27-44-81(72-31-7-2-8-32-72)107(80)113-100-66-76(70-55-59-78(60-56-70)111-96-50-22-15-39-86(96)87-40-16-23-51-97(87)111)57-62-94(100)110-95-63-61-79(112-98-52-24-17-41-88(98)89-42-18-25-53-99(89)112)69-101(95)114(108-82(73-33-9-3-10-34-73)45-28-46-83(108)74-35-11-4-12-36-74)103-68-77(67-102(113)106(103)110)75-58-64-105-93(65-75)109(92-49-21-26-54-104(92)115-105)90-47-19-13-37-84(90)85-38-14-20-48-91(85)109/h1-69H/i17D,18D,24D,25D,41D,42D,52D,53D. The summed E-state index contributed by atoms with van der Waals surface area (Å²) in [6.07, 6.45) is 0. The number of fused-ring (bicyclic) bond motifs is 19. The Hall–Kier alpha value is -15.0.